The Balaban J connectivity index is 1.05. The third kappa shape index (κ3) is 6.41. The summed E-state index contributed by atoms with van der Waals surface area (Å²) in [5.41, 5.74) is 6.10. The van der Waals surface area contributed by atoms with Gasteiger partial charge in [0.2, 0.25) is 0 Å². The summed E-state index contributed by atoms with van der Waals surface area (Å²) in [6, 6.07) is 14.8. The van der Waals surface area contributed by atoms with Crippen LogP contribution in [0.15, 0.2) is 67.1 Å². The molecule has 8 rings (SSSR count). The highest BCUT2D eigenvalue weighted by Crippen LogP contribution is 2.34. The molecule has 2 N–H and O–H groups in total. The molecule has 0 saturated carbocycles. The number of nitrogens with one attached hydrogen (secondary N) is 2. The number of halogens is 1. The van der Waals surface area contributed by atoms with Gasteiger partial charge in [-0.05, 0) is 93.8 Å². The predicted octanol–water partition coefficient (Wildman–Crippen LogP) is 6.32. The van der Waals surface area contributed by atoms with E-state index < -0.39 is 0 Å². The first kappa shape index (κ1) is 29.5. The van der Waals surface area contributed by atoms with Gasteiger partial charge in [-0.1, -0.05) is 6.07 Å². The first-order valence-corrected chi connectivity index (χ1v) is 16.5. The molecular formula is C36H37FN8O2. The molecule has 0 radical (unpaired) electrons. The second kappa shape index (κ2) is 13.1. The molecule has 0 spiro atoms. The van der Waals surface area contributed by atoms with Gasteiger partial charge < -0.3 is 14.5 Å². The van der Waals surface area contributed by atoms with Gasteiger partial charge in [0.15, 0.2) is 5.82 Å². The quantitative estimate of drug-likeness (QED) is 0.171. The monoisotopic (exact) mass is 632 g/mol. The summed E-state index contributed by atoms with van der Waals surface area (Å²) < 4.78 is 26.8. The van der Waals surface area contributed by atoms with E-state index in [4.69, 9.17) is 14.5 Å². The van der Waals surface area contributed by atoms with Gasteiger partial charge in [0, 0.05) is 48.1 Å². The van der Waals surface area contributed by atoms with E-state index in [1.165, 1.54) is 37.8 Å². The topological polar surface area (TPSA) is 108 Å². The molecule has 10 nitrogen and oxygen atoms in total. The molecule has 2 saturated heterocycles. The van der Waals surface area contributed by atoms with Gasteiger partial charge in [-0.15, -0.1) is 0 Å². The van der Waals surface area contributed by atoms with Gasteiger partial charge in [-0.3, -0.25) is 24.9 Å². The van der Waals surface area contributed by atoms with Crippen molar-refractivity contribution in [3.63, 3.8) is 0 Å². The summed E-state index contributed by atoms with van der Waals surface area (Å²) in [5, 5.41) is 8.67. The van der Waals surface area contributed by atoms with Crippen molar-refractivity contribution in [1.29, 1.82) is 0 Å². The summed E-state index contributed by atoms with van der Waals surface area (Å²) in [5.74, 6) is 1.45. The highest BCUT2D eigenvalue weighted by atomic mass is 19.1. The number of hydrogen-bond donors (Lipinski definition) is 2. The van der Waals surface area contributed by atoms with Crippen molar-refractivity contribution >= 4 is 21.9 Å². The molecule has 4 aromatic heterocycles. The Morgan fingerprint density at radius 1 is 0.723 bits per heavy atom. The van der Waals surface area contributed by atoms with E-state index >= 15 is 0 Å². The molecule has 47 heavy (non-hydrogen) atoms. The molecule has 11 heteroatoms. The van der Waals surface area contributed by atoms with Crippen molar-refractivity contribution in [2.24, 2.45) is 0 Å². The number of ether oxygens (including phenoxy) is 2. The number of nitrogens with zero attached hydrogens (tertiary/aromatic N) is 6. The summed E-state index contributed by atoms with van der Waals surface area (Å²) in [4.78, 5) is 22.2. The second-order valence-electron chi connectivity index (χ2n) is 12.4. The van der Waals surface area contributed by atoms with Crippen molar-refractivity contribution < 1.29 is 13.9 Å². The maximum atomic E-state index is 14.8. The van der Waals surface area contributed by atoms with Gasteiger partial charge in [0.25, 0.3) is 0 Å². The summed E-state index contributed by atoms with van der Waals surface area (Å²) in [6.07, 6.45) is 10.3. The zero-order chi connectivity index (χ0) is 31.6. The van der Waals surface area contributed by atoms with E-state index in [1.807, 2.05) is 36.5 Å². The van der Waals surface area contributed by atoms with Crippen LogP contribution in [0.1, 0.15) is 25.7 Å². The van der Waals surface area contributed by atoms with Crippen LogP contribution in [-0.4, -0.2) is 92.4 Å². The molecule has 6 aromatic rings. The molecule has 240 valence electrons. The van der Waals surface area contributed by atoms with Crippen LogP contribution in [0.4, 0.5) is 4.39 Å². The fourth-order valence-corrected chi connectivity index (χ4v) is 6.67. The van der Waals surface area contributed by atoms with Gasteiger partial charge >= 0.3 is 0 Å². The lowest BCUT2D eigenvalue weighted by Gasteiger charge is -2.15. The Bertz CT molecular complexity index is 2010. The number of fused-ring (bicyclic) bond motifs is 2. The Kier molecular flexibility index (Phi) is 8.22. The minimum Gasteiger partial charge on any atom is -0.492 e. The Morgan fingerprint density at radius 2 is 1.47 bits per heavy atom. The van der Waals surface area contributed by atoms with Crippen molar-refractivity contribution in [3.05, 3.63) is 72.9 Å². The van der Waals surface area contributed by atoms with Gasteiger partial charge in [0.1, 0.15) is 41.7 Å². The highest BCUT2D eigenvalue weighted by molar-refractivity contribution is 5.97. The summed E-state index contributed by atoms with van der Waals surface area (Å²) in [7, 11) is 0. The van der Waals surface area contributed by atoms with Crippen LogP contribution < -0.4 is 9.47 Å². The first-order chi connectivity index (χ1) is 23.2. The minimum absolute atomic E-state index is 0.380. The Labute approximate surface area is 272 Å². The zero-order valence-corrected chi connectivity index (χ0v) is 26.2. The average Bonchev–Trinajstić information content (AvgIpc) is 3.91. The molecule has 2 fully saturated rings. The molecule has 0 unspecified atom stereocenters. The zero-order valence-electron chi connectivity index (χ0n) is 26.2. The van der Waals surface area contributed by atoms with Crippen LogP contribution in [0.25, 0.3) is 55.8 Å². The number of pyridine rings is 2. The van der Waals surface area contributed by atoms with E-state index in [1.54, 1.807) is 12.4 Å². The second-order valence-corrected chi connectivity index (χ2v) is 12.4. The van der Waals surface area contributed by atoms with Crippen LogP contribution >= 0.6 is 0 Å². The van der Waals surface area contributed by atoms with Gasteiger partial charge in [-0.2, -0.15) is 5.10 Å². The molecule has 0 amide bonds. The fraction of sp³-hybridized carbons (Fsp3) is 0.333. The number of aromatic amines is 2. The third-order valence-electron chi connectivity index (χ3n) is 9.13. The van der Waals surface area contributed by atoms with Crippen LogP contribution in [0.3, 0.4) is 0 Å². The van der Waals surface area contributed by atoms with Crippen LogP contribution in [0, 0.1) is 5.82 Å². The standard InChI is InChI=1S/C36H37FN8O2/c37-27-17-25(18-28(21-27)46-15-13-44-9-1-2-10-44)33-35-32(7-8-39-33)40-36(41-35)34-30-20-24(5-6-31(30)42-43-34)26-19-29(23-38-22-26)47-16-14-45-11-3-4-12-45/h5-8,17-23H,1-4,9-16H2,(H,40,41)(H,42,43). The maximum Gasteiger partial charge on any atom is 0.159 e. The lowest BCUT2D eigenvalue weighted by molar-refractivity contribution is 0.237. The SMILES string of the molecule is Fc1cc(OCCN2CCCC2)cc(-c2nccc3[nH]c(-c4n[nH]c5ccc(-c6cncc(OCCN7CCCC7)c6)cc45)nc23)c1. The number of hydrogen-bond acceptors (Lipinski definition) is 8. The van der Waals surface area contributed by atoms with E-state index in [0.717, 1.165) is 72.6 Å². The summed E-state index contributed by atoms with van der Waals surface area (Å²) in [6.45, 7) is 7.39. The molecule has 2 aliphatic heterocycles. The van der Waals surface area contributed by atoms with E-state index in [2.05, 4.69) is 41.0 Å². The van der Waals surface area contributed by atoms with Crippen molar-refractivity contribution in [2.75, 3.05) is 52.5 Å². The fourth-order valence-electron chi connectivity index (χ4n) is 6.67. The predicted molar refractivity (Wildman–Crippen MR) is 180 cm³/mol. The van der Waals surface area contributed by atoms with Crippen molar-refractivity contribution in [3.8, 4) is 45.4 Å². The van der Waals surface area contributed by atoms with Crippen LogP contribution in [0.5, 0.6) is 11.5 Å². The minimum atomic E-state index is -0.380. The Morgan fingerprint density at radius 3 is 2.26 bits per heavy atom. The van der Waals surface area contributed by atoms with E-state index in [0.29, 0.717) is 47.3 Å². The molecule has 2 aliphatic rings. The van der Waals surface area contributed by atoms with Crippen LogP contribution in [-0.2, 0) is 0 Å². The van der Waals surface area contributed by atoms with Gasteiger partial charge in [-0.25, -0.2) is 9.37 Å². The number of likely N-dealkylation sites (tertiary alicyclic amines) is 2. The normalized spacial score (nSPS) is 15.7. The van der Waals surface area contributed by atoms with Gasteiger partial charge in [0.05, 0.1) is 22.9 Å². The molecule has 6 heterocycles. The summed E-state index contributed by atoms with van der Waals surface area (Å²) >= 11 is 0. The number of imidazole rings is 1. The first-order valence-electron chi connectivity index (χ1n) is 16.5. The molecule has 0 atom stereocenters. The number of H-pyrrole nitrogens is 2. The van der Waals surface area contributed by atoms with E-state index in [-0.39, 0.29) is 5.82 Å². The smallest absolute Gasteiger partial charge is 0.159 e. The molecule has 2 aromatic carbocycles. The Hall–Kier alpha value is -4.87. The van der Waals surface area contributed by atoms with E-state index in [9.17, 15) is 4.39 Å². The average molecular weight is 633 g/mol. The number of aromatic nitrogens is 6. The number of rotatable bonds is 11. The lowest BCUT2D eigenvalue weighted by Crippen LogP contribution is -2.25. The molecular weight excluding hydrogens is 595 g/mol. The van der Waals surface area contributed by atoms with Crippen LogP contribution in [0.2, 0.25) is 0 Å². The molecule has 0 aliphatic carbocycles. The largest absolute Gasteiger partial charge is 0.492 e. The number of benzene rings is 2. The molecule has 0 bridgehead atoms. The van der Waals surface area contributed by atoms with Crippen molar-refractivity contribution in [1.82, 2.24) is 39.9 Å². The highest BCUT2D eigenvalue weighted by Gasteiger charge is 2.18. The lowest BCUT2D eigenvalue weighted by atomic mass is 10.0. The third-order valence-corrected chi connectivity index (χ3v) is 9.13. The van der Waals surface area contributed by atoms with Crippen molar-refractivity contribution in [2.45, 2.75) is 25.7 Å². The maximum absolute atomic E-state index is 14.8.